The molecule has 2 N–H and O–H groups in total. The number of hydrogen-bond acceptors (Lipinski definition) is 4. The van der Waals surface area contributed by atoms with Crippen LogP contribution in [0.3, 0.4) is 0 Å². The highest BCUT2D eigenvalue weighted by Crippen LogP contribution is 2.26. The first-order valence-corrected chi connectivity index (χ1v) is 5.02. The smallest absolute Gasteiger partial charge is 0.340 e. The highest BCUT2D eigenvalue weighted by Gasteiger charge is 2.14. The number of methoxy groups -OCH3 is 1. The zero-order valence-electron chi connectivity index (χ0n) is 7.79. The van der Waals surface area contributed by atoms with Gasteiger partial charge in [0, 0.05) is 10.3 Å². The van der Waals surface area contributed by atoms with E-state index < -0.39 is 0 Å². The number of thiophene rings is 1. The average Bonchev–Trinajstić information content (AvgIpc) is 2.48. The molecule has 0 bridgehead atoms. The van der Waals surface area contributed by atoms with Crippen molar-refractivity contribution in [2.75, 3.05) is 12.8 Å². The van der Waals surface area contributed by atoms with Crippen LogP contribution in [0.4, 0.5) is 5.69 Å². The fourth-order valence-electron chi connectivity index (χ4n) is 1.10. The molecule has 72 valence electrons. The lowest BCUT2D eigenvalue weighted by Crippen LogP contribution is -2.03. The first-order valence-electron chi connectivity index (χ1n) is 4.14. The minimum Gasteiger partial charge on any atom is -0.465 e. The molecule has 0 atom stereocenters. The van der Waals surface area contributed by atoms with Gasteiger partial charge in [-0.25, -0.2) is 4.79 Å². The van der Waals surface area contributed by atoms with Crippen LogP contribution < -0.4 is 5.73 Å². The zero-order chi connectivity index (χ0) is 9.84. The molecule has 3 nitrogen and oxygen atoms in total. The third kappa shape index (κ3) is 2.01. The summed E-state index contributed by atoms with van der Waals surface area (Å²) in [6.45, 7) is 2.08. The molecule has 0 fully saturated rings. The normalized spacial score (nSPS) is 10.0. The van der Waals surface area contributed by atoms with Crippen LogP contribution in [0.25, 0.3) is 0 Å². The van der Waals surface area contributed by atoms with Crippen LogP contribution in [0.15, 0.2) is 5.38 Å². The van der Waals surface area contributed by atoms with E-state index in [9.17, 15) is 4.79 Å². The number of hydrogen-bond donors (Lipinski definition) is 1. The van der Waals surface area contributed by atoms with Crippen LogP contribution in [0.2, 0.25) is 0 Å². The summed E-state index contributed by atoms with van der Waals surface area (Å²) >= 11 is 1.52. The van der Waals surface area contributed by atoms with Crippen molar-refractivity contribution in [3.8, 4) is 0 Å². The Bertz CT molecular complexity index is 307. The van der Waals surface area contributed by atoms with E-state index in [0.29, 0.717) is 11.3 Å². The fourth-order valence-corrected chi connectivity index (χ4v) is 2.14. The van der Waals surface area contributed by atoms with Crippen molar-refractivity contribution < 1.29 is 9.53 Å². The van der Waals surface area contributed by atoms with Crippen molar-refractivity contribution in [3.05, 3.63) is 15.8 Å². The van der Waals surface area contributed by atoms with E-state index in [0.717, 1.165) is 17.7 Å². The second kappa shape index (κ2) is 4.28. The standard InChI is InChI=1S/C9H13NO2S/c1-3-4-7-8(10)6(5-13-7)9(11)12-2/h5H,3-4,10H2,1-2H3. The molecule has 1 aromatic rings. The number of carbonyl (C=O) groups excluding carboxylic acids is 1. The Morgan fingerprint density at radius 3 is 2.92 bits per heavy atom. The molecular formula is C9H13NO2S. The van der Waals surface area contributed by atoms with Gasteiger partial charge in [-0.1, -0.05) is 13.3 Å². The Kier molecular flexibility index (Phi) is 3.31. The number of nitrogens with two attached hydrogens (primary N) is 1. The highest BCUT2D eigenvalue weighted by atomic mass is 32.1. The summed E-state index contributed by atoms with van der Waals surface area (Å²) in [5.74, 6) is -0.351. The van der Waals surface area contributed by atoms with Gasteiger partial charge in [0.25, 0.3) is 0 Å². The SMILES string of the molecule is CCCc1scc(C(=O)OC)c1N. The van der Waals surface area contributed by atoms with Crippen molar-refractivity contribution in [1.29, 1.82) is 0 Å². The molecule has 0 radical (unpaired) electrons. The van der Waals surface area contributed by atoms with Gasteiger partial charge in [0.2, 0.25) is 0 Å². The largest absolute Gasteiger partial charge is 0.465 e. The minimum absolute atomic E-state index is 0.351. The lowest BCUT2D eigenvalue weighted by atomic mass is 10.2. The number of ether oxygens (including phenoxy) is 1. The van der Waals surface area contributed by atoms with Crippen LogP contribution in [0.1, 0.15) is 28.6 Å². The molecule has 4 heteroatoms. The Balaban J connectivity index is 2.92. The monoisotopic (exact) mass is 199 g/mol. The maximum Gasteiger partial charge on any atom is 0.340 e. The number of esters is 1. The van der Waals surface area contributed by atoms with Crippen molar-refractivity contribution in [3.63, 3.8) is 0 Å². The molecule has 0 saturated carbocycles. The van der Waals surface area contributed by atoms with Gasteiger partial charge in [-0.3, -0.25) is 0 Å². The fraction of sp³-hybridized carbons (Fsp3) is 0.444. The van der Waals surface area contributed by atoms with Gasteiger partial charge in [-0.2, -0.15) is 0 Å². The van der Waals surface area contributed by atoms with E-state index in [4.69, 9.17) is 5.73 Å². The molecule has 0 aliphatic rings. The van der Waals surface area contributed by atoms with Crippen molar-refractivity contribution in [1.82, 2.24) is 0 Å². The number of aryl methyl sites for hydroxylation is 1. The number of carbonyl (C=O) groups is 1. The molecule has 1 heterocycles. The van der Waals surface area contributed by atoms with Crippen LogP contribution in [0.5, 0.6) is 0 Å². The molecule has 0 saturated heterocycles. The molecule has 0 unspecified atom stereocenters. The van der Waals surface area contributed by atoms with Crippen molar-refractivity contribution in [2.45, 2.75) is 19.8 Å². The quantitative estimate of drug-likeness (QED) is 0.758. The molecule has 1 rings (SSSR count). The number of nitrogen functional groups attached to an aromatic ring is 1. The van der Waals surface area contributed by atoms with Gasteiger partial charge in [0.05, 0.1) is 18.4 Å². The van der Waals surface area contributed by atoms with E-state index in [2.05, 4.69) is 11.7 Å². The maximum absolute atomic E-state index is 11.2. The third-order valence-corrected chi connectivity index (χ3v) is 2.85. The number of rotatable bonds is 3. The van der Waals surface area contributed by atoms with Gasteiger partial charge in [0.15, 0.2) is 0 Å². The Hall–Kier alpha value is -1.03. The summed E-state index contributed by atoms with van der Waals surface area (Å²) in [6, 6.07) is 0. The van der Waals surface area contributed by atoms with Crippen LogP contribution >= 0.6 is 11.3 Å². The van der Waals surface area contributed by atoms with Crippen LogP contribution in [-0.4, -0.2) is 13.1 Å². The minimum atomic E-state index is -0.351. The second-order valence-corrected chi connectivity index (χ2v) is 3.69. The second-order valence-electron chi connectivity index (χ2n) is 2.73. The summed E-state index contributed by atoms with van der Waals surface area (Å²) < 4.78 is 4.60. The van der Waals surface area contributed by atoms with Gasteiger partial charge >= 0.3 is 5.97 Å². The van der Waals surface area contributed by atoms with E-state index in [1.54, 1.807) is 5.38 Å². The molecule has 0 aromatic carbocycles. The summed E-state index contributed by atoms with van der Waals surface area (Å²) in [4.78, 5) is 12.2. The molecule has 13 heavy (non-hydrogen) atoms. The lowest BCUT2D eigenvalue weighted by Gasteiger charge is -1.99. The predicted octanol–water partition coefficient (Wildman–Crippen LogP) is 2.07. The molecule has 0 aliphatic heterocycles. The van der Waals surface area contributed by atoms with E-state index in [1.807, 2.05) is 0 Å². The predicted molar refractivity (Wildman–Crippen MR) is 54.1 cm³/mol. The summed E-state index contributed by atoms with van der Waals surface area (Å²) in [5, 5.41) is 1.76. The van der Waals surface area contributed by atoms with Crippen molar-refractivity contribution in [2.24, 2.45) is 0 Å². The molecule has 0 spiro atoms. The van der Waals surface area contributed by atoms with Gasteiger partial charge in [-0.05, 0) is 6.42 Å². The molecular weight excluding hydrogens is 186 g/mol. The summed E-state index contributed by atoms with van der Waals surface area (Å²) in [7, 11) is 1.36. The maximum atomic E-state index is 11.2. The summed E-state index contributed by atoms with van der Waals surface area (Å²) in [6.07, 6.45) is 1.96. The average molecular weight is 199 g/mol. The highest BCUT2D eigenvalue weighted by molar-refractivity contribution is 7.10. The van der Waals surface area contributed by atoms with Crippen LogP contribution in [0, 0.1) is 0 Å². The zero-order valence-corrected chi connectivity index (χ0v) is 8.61. The van der Waals surface area contributed by atoms with Gasteiger partial charge in [-0.15, -0.1) is 11.3 Å². The third-order valence-electron chi connectivity index (χ3n) is 1.79. The van der Waals surface area contributed by atoms with E-state index in [1.165, 1.54) is 18.4 Å². The Labute approximate surface area is 81.5 Å². The lowest BCUT2D eigenvalue weighted by molar-refractivity contribution is 0.0602. The first-order chi connectivity index (χ1) is 6.20. The van der Waals surface area contributed by atoms with Gasteiger partial charge in [0.1, 0.15) is 0 Å². The Morgan fingerprint density at radius 2 is 2.38 bits per heavy atom. The topological polar surface area (TPSA) is 52.3 Å². The first kappa shape index (κ1) is 10.1. The van der Waals surface area contributed by atoms with Crippen LogP contribution in [-0.2, 0) is 11.2 Å². The summed E-state index contributed by atoms with van der Waals surface area (Å²) in [5.41, 5.74) is 6.85. The van der Waals surface area contributed by atoms with E-state index in [-0.39, 0.29) is 5.97 Å². The van der Waals surface area contributed by atoms with Gasteiger partial charge < -0.3 is 10.5 Å². The van der Waals surface area contributed by atoms with Crippen molar-refractivity contribution >= 4 is 23.0 Å². The molecule has 0 aliphatic carbocycles. The molecule has 1 aromatic heterocycles. The Morgan fingerprint density at radius 1 is 1.69 bits per heavy atom. The number of anilines is 1. The van der Waals surface area contributed by atoms with E-state index >= 15 is 0 Å². The molecule has 0 amide bonds.